The molecule has 0 spiro atoms. The summed E-state index contributed by atoms with van der Waals surface area (Å²) in [6.45, 7) is 0.373. The fourth-order valence-electron chi connectivity index (χ4n) is 2.55. The average molecular weight is 377 g/mol. The minimum atomic E-state index is -0.631. The highest BCUT2D eigenvalue weighted by molar-refractivity contribution is 6.05. The van der Waals surface area contributed by atoms with Gasteiger partial charge in [0, 0.05) is 29.2 Å². The zero-order valence-electron chi connectivity index (χ0n) is 15.0. The maximum atomic E-state index is 12.4. The first kappa shape index (κ1) is 18.8. The Bertz CT molecular complexity index is 981. The number of primary amides is 1. The van der Waals surface area contributed by atoms with E-state index in [4.69, 9.17) is 5.73 Å². The van der Waals surface area contributed by atoms with Crippen LogP contribution in [0.1, 0.15) is 26.3 Å². The average Bonchev–Trinajstić information content (AvgIpc) is 3.20. The topological polar surface area (TPSA) is 119 Å². The predicted octanol–water partition coefficient (Wildman–Crippen LogP) is 1.40. The van der Waals surface area contributed by atoms with E-state index in [9.17, 15) is 14.4 Å². The Hall–Kier alpha value is -3.94. The normalized spacial score (nSPS) is 10.3. The van der Waals surface area contributed by atoms with E-state index in [0.717, 1.165) is 5.56 Å². The lowest BCUT2D eigenvalue weighted by Crippen LogP contribution is -2.33. The van der Waals surface area contributed by atoms with Gasteiger partial charge in [0.1, 0.15) is 0 Å². The molecule has 0 atom stereocenters. The van der Waals surface area contributed by atoms with Gasteiger partial charge in [0.15, 0.2) is 0 Å². The first-order valence-corrected chi connectivity index (χ1v) is 8.55. The minimum Gasteiger partial charge on any atom is -0.368 e. The standard InChI is InChI=1S/C20H19N5O3/c21-18(26)12-22-19(27)16-3-1-4-17(11-16)24-20(28)15-7-5-14(6-8-15)13-25-10-2-9-23-25/h1-11H,12-13H2,(H2,21,26)(H,22,27)(H,24,28). The number of anilines is 1. The van der Waals surface area contributed by atoms with Crippen LogP contribution in [0.3, 0.4) is 0 Å². The smallest absolute Gasteiger partial charge is 0.255 e. The minimum absolute atomic E-state index is 0.250. The van der Waals surface area contributed by atoms with E-state index in [-0.39, 0.29) is 12.5 Å². The van der Waals surface area contributed by atoms with Crippen LogP contribution >= 0.6 is 0 Å². The first-order chi connectivity index (χ1) is 13.5. The summed E-state index contributed by atoms with van der Waals surface area (Å²) < 4.78 is 1.80. The fraction of sp³-hybridized carbons (Fsp3) is 0.100. The van der Waals surface area contributed by atoms with Gasteiger partial charge in [-0.2, -0.15) is 5.10 Å². The van der Waals surface area contributed by atoms with Crippen LogP contribution in [0.2, 0.25) is 0 Å². The maximum absolute atomic E-state index is 12.4. The van der Waals surface area contributed by atoms with Crippen LogP contribution in [-0.2, 0) is 11.3 Å². The molecule has 0 saturated heterocycles. The number of rotatable bonds is 7. The summed E-state index contributed by atoms with van der Waals surface area (Å²) >= 11 is 0. The molecule has 0 saturated carbocycles. The third kappa shape index (κ3) is 5.04. The Morgan fingerprint density at radius 2 is 1.75 bits per heavy atom. The summed E-state index contributed by atoms with van der Waals surface area (Å²) in [5, 5.41) is 9.31. The summed E-state index contributed by atoms with van der Waals surface area (Å²) in [5.41, 5.74) is 7.31. The fourth-order valence-corrected chi connectivity index (χ4v) is 2.55. The van der Waals surface area contributed by atoms with Gasteiger partial charge in [-0.05, 0) is 42.0 Å². The second kappa shape index (κ2) is 8.63. The second-order valence-electron chi connectivity index (χ2n) is 6.08. The highest BCUT2D eigenvalue weighted by atomic mass is 16.2. The van der Waals surface area contributed by atoms with Crippen molar-refractivity contribution in [3.63, 3.8) is 0 Å². The molecule has 0 fully saturated rings. The lowest BCUT2D eigenvalue weighted by atomic mass is 10.1. The number of hydrogen-bond acceptors (Lipinski definition) is 4. The van der Waals surface area contributed by atoms with Gasteiger partial charge < -0.3 is 16.4 Å². The van der Waals surface area contributed by atoms with Crippen molar-refractivity contribution in [3.8, 4) is 0 Å². The van der Waals surface area contributed by atoms with Crippen LogP contribution in [0.15, 0.2) is 67.0 Å². The van der Waals surface area contributed by atoms with E-state index in [1.165, 1.54) is 6.07 Å². The van der Waals surface area contributed by atoms with Gasteiger partial charge in [0.25, 0.3) is 11.8 Å². The van der Waals surface area contributed by atoms with E-state index in [1.54, 1.807) is 41.2 Å². The molecule has 3 rings (SSSR count). The second-order valence-corrected chi connectivity index (χ2v) is 6.08. The largest absolute Gasteiger partial charge is 0.368 e. The Morgan fingerprint density at radius 3 is 2.43 bits per heavy atom. The maximum Gasteiger partial charge on any atom is 0.255 e. The summed E-state index contributed by atoms with van der Waals surface area (Å²) in [6.07, 6.45) is 3.58. The SMILES string of the molecule is NC(=O)CNC(=O)c1cccc(NC(=O)c2ccc(Cn3cccn3)cc2)c1. The van der Waals surface area contributed by atoms with Crippen LogP contribution in [-0.4, -0.2) is 34.0 Å². The van der Waals surface area contributed by atoms with Crippen LogP contribution in [0.25, 0.3) is 0 Å². The number of nitrogens with two attached hydrogens (primary N) is 1. The number of hydrogen-bond donors (Lipinski definition) is 3. The number of nitrogens with zero attached hydrogens (tertiary/aromatic N) is 2. The molecule has 0 aliphatic heterocycles. The van der Waals surface area contributed by atoms with E-state index < -0.39 is 11.8 Å². The number of amides is 3. The molecular weight excluding hydrogens is 358 g/mol. The summed E-state index contributed by atoms with van der Waals surface area (Å²) in [5.74, 6) is -1.37. The summed E-state index contributed by atoms with van der Waals surface area (Å²) in [4.78, 5) is 35.2. The van der Waals surface area contributed by atoms with Crippen molar-refractivity contribution >= 4 is 23.4 Å². The summed E-state index contributed by atoms with van der Waals surface area (Å²) in [6, 6.07) is 15.5. The van der Waals surface area contributed by atoms with Crippen molar-refractivity contribution < 1.29 is 14.4 Å². The Labute approximate surface area is 161 Å². The molecule has 28 heavy (non-hydrogen) atoms. The zero-order chi connectivity index (χ0) is 19.9. The van der Waals surface area contributed by atoms with Crippen molar-refractivity contribution in [2.45, 2.75) is 6.54 Å². The first-order valence-electron chi connectivity index (χ1n) is 8.55. The number of nitrogens with one attached hydrogen (secondary N) is 2. The number of carbonyl (C=O) groups excluding carboxylic acids is 3. The molecule has 0 unspecified atom stereocenters. The van der Waals surface area contributed by atoms with E-state index in [0.29, 0.717) is 23.4 Å². The van der Waals surface area contributed by atoms with Crippen LogP contribution < -0.4 is 16.4 Å². The third-order valence-electron chi connectivity index (χ3n) is 3.93. The molecule has 0 bridgehead atoms. The number of benzene rings is 2. The van der Waals surface area contributed by atoms with Gasteiger partial charge in [-0.15, -0.1) is 0 Å². The van der Waals surface area contributed by atoms with E-state index in [2.05, 4.69) is 15.7 Å². The lowest BCUT2D eigenvalue weighted by Gasteiger charge is -2.08. The number of carbonyl (C=O) groups is 3. The molecular formula is C20H19N5O3. The van der Waals surface area contributed by atoms with Gasteiger partial charge in [-0.1, -0.05) is 18.2 Å². The molecule has 8 nitrogen and oxygen atoms in total. The molecule has 0 aliphatic carbocycles. The summed E-state index contributed by atoms with van der Waals surface area (Å²) in [7, 11) is 0. The molecule has 8 heteroatoms. The van der Waals surface area contributed by atoms with Crippen molar-refractivity contribution in [2.75, 3.05) is 11.9 Å². The van der Waals surface area contributed by atoms with Gasteiger partial charge >= 0.3 is 0 Å². The Morgan fingerprint density at radius 1 is 0.964 bits per heavy atom. The van der Waals surface area contributed by atoms with Crippen LogP contribution in [0, 0.1) is 0 Å². The van der Waals surface area contributed by atoms with Gasteiger partial charge in [0.2, 0.25) is 5.91 Å². The molecule has 3 amide bonds. The predicted molar refractivity (Wildman–Crippen MR) is 104 cm³/mol. The van der Waals surface area contributed by atoms with Crippen molar-refractivity contribution in [3.05, 3.63) is 83.7 Å². The number of aromatic nitrogens is 2. The lowest BCUT2D eigenvalue weighted by molar-refractivity contribution is -0.117. The molecule has 0 radical (unpaired) electrons. The van der Waals surface area contributed by atoms with Crippen LogP contribution in [0.4, 0.5) is 5.69 Å². The van der Waals surface area contributed by atoms with Crippen molar-refractivity contribution in [1.82, 2.24) is 15.1 Å². The van der Waals surface area contributed by atoms with Gasteiger partial charge in [-0.25, -0.2) is 0 Å². The highest BCUT2D eigenvalue weighted by Gasteiger charge is 2.10. The quantitative estimate of drug-likeness (QED) is 0.576. The van der Waals surface area contributed by atoms with E-state index in [1.807, 2.05) is 24.4 Å². The van der Waals surface area contributed by atoms with Crippen molar-refractivity contribution in [2.24, 2.45) is 5.73 Å². The van der Waals surface area contributed by atoms with Gasteiger partial charge in [-0.3, -0.25) is 19.1 Å². The third-order valence-corrected chi connectivity index (χ3v) is 3.93. The molecule has 4 N–H and O–H groups in total. The molecule has 3 aromatic rings. The molecule has 1 heterocycles. The molecule has 2 aromatic carbocycles. The van der Waals surface area contributed by atoms with Crippen molar-refractivity contribution in [1.29, 1.82) is 0 Å². The highest BCUT2D eigenvalue weighted by Crippen LogP contribution is 2.13. The Balaban J connectivity index is 1.63. The van der Waals surface area contributed by atoms with Crippen LogP contribution in [0.5, 0.6) is 0 Å². The molecule has 142 valence electrons. The molecule has 1 aromatic heterocycles. The van der Waals surface area contributed by atoms with Gasteiger partial charge in [0.05, 0.1) is 13.1 Å². The monoisotopic (exact) mass is 377 g/mol. The zero-order valence-corrected chi connectivity index (χ0v) is 15.0. The molecule has 0 aliphatic rings. The van der Waals surface area contributed by atoms with E-state index >= 15 is 0 Å². The Kier molecular flexibility index (Phi) is 5.81.